The molecule has 2 aromatic carbocycles. The van der Waals surface area contributed by atoms with Crippen molar-refractivity contribution in [3.8, 4) is 0 Å². The van der Waals surface area contributed by atoms with Gasteiger partial charge in [-0.3, -0.25) is 0 Å². The Hall–Kier alpha value is -1.30. The van der Waals surface area contributed by atoms with Gasteiger partial charge >= 0.3 is 6.18 Å². The molecule has 2 nitrogen and oxygen atoms in total. The number of hydrogen-bond donors (Lipinski definition) is 2. The van der Waals surface area contributed by atoms with E-state index in [4.69, 9.17) is 34.8 Å². The van der Waals surface area contributed by atoms with Gasteiger partial charge in [-0.05, 0) is 36.8 Å². The highest BCUT2D eigenvalue weighted by Crippen LogP contribution is 2.32. The molecule has 0 atom stereocenters. The second-order valence-corrected chi connectivity index (χ2v) is 6.25. The second kappa shape index (κ2) is 8.19. The van der Waals surface area contributed by atoms with E-state index in [2.05, 4.69) is 10.6 Å². The van der Waals surface area contributed by atoms with Crippen molar-refractivity contribution < 1.29 is 13.2 Å². The molecule has 0 amide bonds. The van der Waals surface area contributed by atoms with Gasteiger partial charge in [-0.1, -0.05) is 40.9 Å². The first-order valence-electron chi connectivity index (χ1n) is 7.07. The van der Waals surface area contributed by atoms with Gasteiger partial charge in [0.05, 0.1) is 26.3 Å². The Kier molecular flexibility index (Phi) is 6.49. The van der Waals surface area contributed by atoms with E-state index in [9.17, 15) is 13.2 Å². The zero-order chi connectivity index (χ0) is 17.7. The largest absolute Gasteiger partial charge is 0.416 e. The first kappa shape index (κ1) is 19.0. The van der Waals surface area contributed by atoms with Gasteiger partial charge in [-0.25, -0.2) is 0 Å². The van der Waals surface area contributed by atoms with Crippen molar-refractivity contribution in [2.45, 2.75) is 12.6 Å². The summed E-state index contributed by atoms with van der Waals surface area (Å²) >= 11 is 17.8. The third kappa shape index (κ3) is 5.36. The van der Waals surface area contributed by atoms with Crippen LogP contribution in [0.2, 0.25) is 15.1 Å². The quantitative estimate of drug-likeness (QED) is 0.425. The van der Waals surface area contributed by atoms with Crippen molar-refractivity contribution in [2.75, 3.05) is 23.7 Å². The van der Waals surface area contributed by atoms with E-state index in [1.807, 2.05) is 0 Å². The maximum Gasteiger partial charge on any atom is 0.416 e. The van der Waals surface area contributed by atoms with Crippen LogP contribution < -0.4 is 10.6 Å². The minimum Gasteiger partial charge on any atom is -0.385 e. The van der Waals surface area contributed by atoms with E-state index in [1.165, 1.54) is 6.07 Å². The summed E-state index contributed by atoms with van der Waals surface area (Å²) in [4.78, 5) is 0. The fraction of sp³-hybridized carbons (Fsp3) is 0.250. The third-order valence-corrected chi connectivity index (χ3v) is 4.23. The van der Waals surface area contributed by atoms with Crippen LogP contribution in [0.1, 0.15) is 12.0 Å². The van der Waals surface area contributed by atoms with Crippen LogP contribution in [0.15, 0.2) is 36.4 Å². The fourth-order valence-electron chi connectivity index (χ4n) is 2.01. The molecule has 0 heterocycles. The molecule has 0 aliphatic heterocycles. The van der Waals surface area contributed by atoms with Crippen LogP contribution in [-0.2, 0) is 6.18 Å². The Morgan fingerprint density at radius 3 is 2.21 bits per heavy atom. The number of alkyl halides is 3. The predicted octanol–water partition coefficient (Wildman–Crippen LogP) is 6.58. The summed E-state index contributed by atoms with van der Waals surface area (Å²) in [5, 5.41) is 7.29. The van der Waals surface area contributed by atoms with Crippen molar-refractivity contribution in [3.63, 3.8) is 0 Å². The fourth-order valence-corrected chi connectivity index (χ4v) is 2.62. The number of halogens is 6. The van der Waals surface area contributed by atoms with Gasteiger partial charge in [0.15, 0.2) is 0 Å². The van der Waals surface area contributed by atoms with E-state index in [0.717, 1.165) is 12.1 Å². The molecule has 130 valence electrons. The Morgan fingerprint density at radius 1 is 0.833 bits per heavy atom. The minimum absolute atomic E-state index is 0.374. The molecule has 0 saturated heterocycles. The Bertz CT molecular complexity index is 705. The topological polar surface area (TPSA) is 24.1 Å². The van der Waals surface area contributed by atoms with E-state index < -0.39 is 11.7 Å². The predicted molar refractivity (Wildman–Crippen MR) is 94.5 cm³/mol. The average molecular weight is 398 g/mol. The number of benzene rings is 2. The molecule has 0 saturated carbocycles. The standard InChI is InChI=1S/C16H14Cl3F3N2/c17-12-8-14(19)15(9-13(12)18)24-6-2-5-23-11-4-1-3-10(7-11)16(20,21)22/h1,3-4,7-9,23-24H,2,5-6H2. The Balaban J connectivity index is 1.81. The van der Waals surface area contributed by atoms with Gasteiger partial charge in [0, 0.05) is 18.8 Å². The molecular weight excluding hydrogens is 384 g/mol. The third-order valence-electron chi connectivity index (χ3n) is 3.20. The van der Waals surface area contributed by atoms with Crippen molar-refractivity contribution in [3.05, 3.63) is 57.0 Å². The maximum absolute atomic E-state index is 12.6. The summed E-state index contributed by atoms with van der Waals surface area (Å²) in [5.74, 6) is 0. The molecule has 0 fully saturated rings. The van der Waals surface area contributed by atoms with Gasteiger partial charge in [0.1, 0.15) is 0 Å². The van der Waals surface area contributed by atoms with Crippen LogP contribution in [0.3, 0.4) is 0 Å². The van der Waals surface area contributed by atoms with Crippen molar-refractivity contribution >= 4 is 46.2 Å². The molecule has 2 rings (SSSR count). The lowest BCUT2D eigenvalue weighted by atomic mass is 10.2. The minimum atomic E-state index is -4.34. The van der Waals surface area contributed by atoms with Crippen molar-refractivity contribution in [1.29, 1.82) is 0 Å². The van der Waals surface area contributed by atoms with E-state index in [0.29, 0.717) is 46.0 Å². The molecule has 2 N–H and O–H groups in total. The number of anilines is 2. The number of rotatable bonds is 6. The maximum atomic E-state index is 12.6. The lowest BCUT2D eigenvalue weighted by molar-refractivity contribution is -0.137. The molecule has 24 heavy (non-hydrogen) atoms. The zero-order valence-electron chi connectivity index (χ0n) is 12.4. The number of hydrogen-bond acceptors (Lipinski definition) is 2. The summed E-state index contributed by atoms with van der Waals surface area (Å²) in [6.07, 6.45) is -3.67. The van der Waals surface area contributed by atoms with E-state index >= 15 is 0 Å². The Labute approximate surface area is 152 Å². The zero-order valence-corrected chi connectivity index (χ0v) is 14.6. The summed E-state index contributed by atoms with van der Waals surface area (Å²) in [5.41, 5.74) is 0.413. The first-order valence-corrected chi connectivity index (χ1v) is 8.20. The van der Waals surface area contributed by atoms with Crippen LogP contribution in [-0.4, -0.2) is 13.1 Å². The van der Waals surface area contributed by atoms with Gasteiger partial charge in [-0.2, -0.15) is 13.2 Å². The van der Waals surface area contributed by atoms with Crippen LogP contribution in [0, 0.1) is 0 Å². The normalized spacial score (nSPS) is 11.4. The molecule has 2 aromatic rings. The molecule has 0 aliphatic carbocycles. The average Bonchev–Trinajstić information content (AvgIpc) is 2.51. The molecule has 0 unspecified atom stereocenters. The van der Waals surface area contributed by atoms with Crippen molar-refractivity contribution in [1.82, 2.24) is 0 Å². The molecule has 0 aromatic heterocycles. The summed E-state index contributed by atoms with van der Waals surface area (Å²) in [7, 11) is 0. The monoisotopic (exact) mass is 396 g/mol. The highest BCUT2D eigenvalue weighted by Gasteiger charge is 2.30. The summed E-state index contributed by atoms with van der Waals surface area (Å²) in [6, 6.07) is 8.28. The molecule has 0 radical (unpaired) electrons. The van der Waals surface area contributed by atoms with Gasteiger partial charge in [0.2, 0.25) is 0 Å². The van der Waals surface area contributed by atoms with Crippen LogP contribution in [0.4, 0.5) is 24.5 Å². The lowest BCUT2D eigenvalue weighted by Gasteiger charge is -2.12. The number of nitrogens with one attached hydrogen (secondary N) is 2. The SMILES string of the molecule is FC(F)(F)c1cccc(NCCCNc2cc(Cl)c(Cl)cc2Cl)c1. The van der Waals surface area contributed by atoms with Crippen LogP contribution in [0.5, 0.6) is 0 Å². The summed E-state index contributed by atoms with van der Waals surface area (Å²) < 4.78 is 37.9. The first-order chi connectivity index (χ1) is 11.3. The van der Waals surface area contributed by atoms with Gasteiger partial charge in [0.25, 0.3) is 0 Å². The smallest absolute Gasteiger partial charge is 0.385 e. The highest BCUT2D eigenvalue weighted by atomic mass is 35.5. The molecule has 0 bridgehead atoms. The van der Waals surface area contributed by atoms with Crippen molar-refractivity contribution in [2.24, 2.45) is 0 Å². The molecule has 8 heteroatoms. The van der Waals surface area contributed by atoms with E-state index in [-0.39, 0.29) is 0 Å². The van der Waals surface area contributed by atoms with Gasteiger partial charge in [-0.15, -0.1) is 0 Å². The van der Waals surface area contributed by atoms with Gasteiger partial charge < -0.3 is 10.6 Å². The van der Waals surface area contributed by atoms with Crippen LogP contribution in [0.25, 0.3) is 0 Å². The lowest BCUT2D eigenvalue weighted by Crippen LogP contribution is -2.10. The van der Waals surface area contributed by atoms with Crippen LogP contribution >= 0.6 is 34.8 Å². The van der Waals surface area contributed by atoms with E-state index in [1.54, 1.807) is 18.2 Å². The molecule has 0 spiro atoms. The molecular formula is C16H14Cl3F3N2. The Morgan fingerprint density at radius 2 is 1.50 bits per heavy atom. The second-order valence-electron chi connectivity index (χ2n) is 5.03. The molecule has 0 aliphatic rings. The highest BCUT2D eigenvalue weighted by molar-refractivity contribution is 6.44. The summed E-state index contributed by atoms with van der Waals surface area (Å²) in [6.45, 7) is 1.08.